The normalized spacial score (nSPS) is 12.3. The molecule has 11 aromatic carbocycles. The second-order valence-electron chi connectivity index (χ2n) is 20.6. The third-order valence-corrected chi connectivity index (χ3v) is 14.2. The Balaban J connectivity index is 1.10. The Morgan fingerprint density at radius 1 is 0.338 bits per heavy atom. The van der Waals surface area contributed by atoms with Gasteiger partial charge in [-0.1, -0.05) is 199 Å². The molecule has 0 aliphatic heterocycles. The summed E-state index contributed by atoms with van der Waals surface area (Å²) in [4.78, 5) is 2.47. The first kappa shape index (κ1) is 41.5. The van der Waals surface area contributed by atoms with Crippen LogP contribution in [0, 0.1) is 0 Å². The Bertz CT molecular complexity index is 3790. The molecule has 328 valence electrons. The Hall–Kier alpha value is -7.94. The van der Waals surface area contributed by atoms with Crippen LogP contribution in [0.1, 0.15) is 52.7 Å². The highest BCUT2D eigenvalue weighted by Crippen LogP contribution is 2.47. The van der Waals surface area contributed by atoms with Crippen LogP contribution in [0.4, 0.5) is 17.1 Å². The molecule has 68 heavy (non-hydrogen) atoms. The van der Waals surface area contributed by atoms with Gasteiger partial charge in [0, 0.05) is 32.9 Å². The first-order valence-electron chi connectivity index (χ1n) is 24.0. The molecular formula is C66H54N2. The van der Waals surface area contributed by atoms with Crippen LogP contribution >= 0.6 is 0 Å². The van der Waals surface area contributed by atoms with E-state index in [0.29, 0.717) is 0 Å². The summed E-state index contributed by atoms with van der Waals surface area (Å²) in [5.41, 5.74) is 16.9. The highest BCUT2D eigenvalue weighted by molar-refractivity contribution is 6.27. The van der Waals surface area contributed by atoms with Crippen LogP contribution in [0.2, 0.25) is 0 Å². The summed E-state index contributed by atoms with van der Waals surface area (Å²) in [7, 11) is 0. The van der Waals surface area contributed by atoms with E-state index in [1.807, 2.05) is 0 Å². The predicted octanol–water partition coefficient (Wildman–Crippen LogP) is 18.7. The number of nitrogens with zero attached hydrogens (tertiary/aromatic N) is 2. The maximum Gasteiger partial charge on any atom is 0.0541 e. The van der Waals surface area contributed by atoms with Gasteiger partial charge in [-0.25, -0.2) is 0 Å². The molecular weight excluding hydrogens is 821 g/mol. The second kappa shape index (κ2) is 15.9. The van der Waals surface area contributed by atoms with E-state index in [1.54, 1.807) is 0 Å². The van der Waals surface area contributed by atoms with Gasteiger partial charge in [-0.05, 0) is 138 Å². The van der Waals surface area contributed by atoms with E-state index in [9.17, 15) is 0 Å². The second-order valence-corrected chi connectivity index (χ2v) is 20.6. The van der Waals surface area contributed by atoms with Crippen LogP contribution < -0.4 is 4.90 Å². The maximum atomic E-state index is 2.52. The Kier molecular flexibility index (Phi) is 9.67. The largest absolute Gasteiger partial charge is 0.310 e. The molecule has 12 aromatic rings. The number of hydrogen-bond acceptors (Lipinski definition) is 1. The van der Waals surface area contributed by atoms with E-state index in [0.717, 1.165) is 17.1 Å². The highest BCUT2D eigenvalue weighted by Gasteiger charge is 2.24. The molecule has 12 rings (SSSR count). The van der Waals surface area contributed by atoms with Crippen LogP contribution in [0.5, 0.6) is 0 Å². The lowest BCUT2D eigenvalue weighted by atomic mass is 9.85. The Labute approximate surface area is 399 Å². The number of aromatic nitrogens is 1. The van der Waals surface area contributed by atoms with Crippen molar-refractivity contribution in [3.8, 4) is 39.1 Å². The van der Waals surface area contributed by atoms with Crippen LogP contribution in [-0.4, -0.2) is 4.57 Å². The van der Waals surface area contributed by atoms with Gasteiger partial charge in [-0.2, -0.15) is 0 Å². The molecule has 0 atom stereocenters. The first-order valence-corrected chi connectivity index (χ1v) is 24.0. The van der Waals surface area contributed by atoms with Crippen molar-refractivity contribution in [2.75, 3.05) is 4.90 Å². The fourth-order valence-electron chi connectivity index (χ4n) is 10.7. The van der Waals surface area contributed by atoms with Gasteiger partial charge in [0.1, 0.15) is 0 Å². The average Bonchev–Trinajstić information content (AvgIpc) is 3.69. The SMILES string of the molecule is CC(C)(C)c1ccc2c(c1)c1cc(C(C)(C)C)ccc1n2-c1ccc2ccc3c(N(c4cccc(-c5ccccc5)c4)c4cccc(-c5ccccc5-c5ccccc5)c4)ccc4ccc1c2c43. The van der Waals surface area contributed by atoms with Crippen molar-refractivity contribution in [2.45, 2.75) is 52.4 Å². The number of anilines is 3. The molecule has 2 nitrogen and oxygen atoms in total. The fraction of sp³-hybridized carbons (Fsp3) is 0.121. The Morgan fingerprint density at radius 2 is 0.809 bits per heavy atom. The van der Waals surface area contributed by atoms with Gasteiger partial charge in [0.05, 0.1) is 22.4 Å². The standard InChI is InChI=1S/C66H54N2/c1-65(2,3)49-31-37-61-57(41-49)58-42-50(66(4,5)6)32-38-62(58)68(61)60-36-30-46-27-33-55-59(35-29-45-28-34-56(60)64(46)63(45)55)67(51-23-15-21-47(39-51)43-17-9-7-10-18-43)52-24-16-22-48(40-52)54-26-14-13-25-53(54)44-19-11-8-12-20-44/h7-42H,1-6H3. The van der Waals surface area contributed by atoms with E-state index in [1.165, 1.54) is 104 Å². The third kappa shape index (κ3) is 6.94. The van der Waals surface area contributed by atoms with E-state index >= 15 is 0 Å². The van der Waals surface area contributed by atoms with E-state index in [-0.39, 0.29) is 10.8 Å². The predicted molar refractivity (Wildman–Crippen MR) is 293 cm³/mol. The lowest BCUT2D eigenvalue weighted by Crippen LogP contribution is -2.11. The summed E-state index contributed by atoms with van der Waals surface area (Å²) in [5, 5.41) is 10.1. The van der Waals surface area contributed by atoms with Crippen molar-refractivity contribution in [3.63, 3.8) is 0 Å². The zero-order valence-electron chi connectivity index (χ0n) is 39.7. The molecule has 0 spiro atoms. The molecule has 2 heteroatoms. The van der Waals surface area contributed by atoms with Gasteiger partial charge in [0.2, 0.25) is 0 Å². The van der Waals surface area contributed by atoms with Crippen molar-refractivity contribution in [1.82, 2.24) is 4.57 Å². The minimum Gasteiger partial charge on any atom is -0.310 e. The van der Waals surface area contributed by atoms with Gasteiger partial charge >= 0.3 is 0 Å². The third-order valence-electron chi connectivity index (χ3n) is 14.2. The summed E-state index contributed by atoms with van der Waals surface area (Å²) < 4.78 is 2.52. The van der Waals surface area contributed by atoms with Gasteiger partial charge in [-0.15, -0.1) is 0 Å². The van der Waals surface area contributed by atoms with Gasteiger partial charge in [0.25, 0.3) is 0 Å². The quantitative estimate of drug-likeness (QED) is 0.145. The molecule has 0 radical (unpaired) electrons. The summed E-state index contributed by atoms with van der Waals surface area (Å²) in [6, 6.07) is 81.3. The zero-order chi connectivity index (χ0) is 46.3. The lowest BCUT2D eigenvalue weighted by molar-refractivity contribution is 0.590. The van der Waals surface area contributed by atoms with E-state index in [4.69, 9.17) is 0 Å². The van der Waals surface area contributed by atoms with E-state index < -0.39 is 0 Å². The van der Waals surface area contributed by atoms with Crippen molar-refractivity contribution in [3.05, 3.63) is 230 Å². The highest BCUT2D eigenvalue weighted by atomic mass is 15.1. The molecule has 1 heterocycles. The number of rotatable bonds is 7. The molecule has 0 saturated heterocycles. The molecule has 0 aliphatic rings. The molecule has 1 aromatic heterocycles. The molecule has 0 saturated carbocycles. The summed E-state index contributed by atoms with van der Waals surface area (Å²) in [6.07, 6.45) is 0. The average molecular weight is 875 g/mol. The molecule has 0 bridgehead atoms. The molecule has 0 aliphatic carbocycles. The van der Waals surface area contributed by atoms with Crippen molar-refractivity contribution >= 4 is 71.2 Å². The topological polar surface area (TPSA) is 8.17 Å². The number of benzene rings is 11. The summed E-state index contributed by atoms with van der Waals surface area (Å²) in [5.74, 6) is 0. The zero-order valence-corrected chi connectivity index (χ0v) is 39.7. The smallest absolute Gasteiger partial charge is 0.0541 e. The van der Waals surface area contributed by atoms with Gasteiger partial charge < -0.3 is 9.47 Å². The first-order chi connectivity index (χ1) is 33.0. The fourth-order valence-corrected chi connectivity index (χ4v) is 10.7. The monoisotopic (exact) mass is 874 g/mol. The Morgan fingerprint density at radius 3 is 1.41 bits per heavy atom. The molecule has 0 N–H and O–H groups in total. The van der Waals surface area contributed by atoms with Crippen molar-refractivity contribution < 1.29 is 0 Å². The molecule has 0 fully saturated rings. The van der Waals surface area contributed by atoms with Gasteiger partial charge in [-0.3, -0.25) is 0 Å². The number of fused-ring (bicyclic) bond motifs is 3. The van der Waals surface area contributed by atoms with Crippen molar-refractivity contribution in [2.24, 2.45) is 0 Å². The van der Waals surface area contributed by atoms with Crippen LogP contribution in [-0.2, 0) is 10.8 Å². The van der Waals surface area contributed by atoms with Crippen LogP contribution in [0.15, 0.2) is 218 Å². The summed E-state index contributed by atoms with van der Waals surface area (Å²) >= 11 is 0. The number of hydrogen-bond donors (Lipinski definition) is 0. The van der Waals surface area contributed by atoms with E-state index in [2.05, 4.69) is 269 Å². The summed E-state index contributed by atoms with van der Waals surface area (Å²) in [6.45, 7) is 13.9. The van der Waals surface area contributed by atoms with Crippen LogP contribution in [0.25, 0.3) is 93.2 Å². The molecule has 0 amide bonds. The lowest BCUT2D eigenvalue weighted by Gasteiger charge is -2.29. The minimum atomic E-state index is 0.0275. The molecule has 0 unspecified atom stereocenters. The van der Waals surface area contributed by atoms with Crippen LogP contribution in [0.3, 0.4) is 0 Å². The van der Waals surface area contributed by atoms with Crippen molar-refractivity contribution in [1.29, 1.82) is 0 Å². The van der Waals surface area contributed by atoms with Gasteiger partial charge in [0.15, 0.2) is 0 Å². The maximum absolute atomic E-state index is 2.52. The minimum absolute atomic E-state index is 0.0275.